The van der Waals surface area contributed by atoms with E-state index in [0.29, 0.717) is 6.04 Å². The van der Waals surface area contributed by atoms with Gasteiger partial charge in [0.05, 0.1) is 0 Å². The van der Waals surface area contributed by atoms with Gasteiger partial charge in [-0.05, 0) is 32.6 Å². The topological polar surface area (TPSA) is 12.0 Å². The van der Waals surface area contributed by atoms with Gasteiger partial charge in [-0.2, -0.15) is 0 Å². The fraction of sp³-hybridized carbons (Fsp3) is 0.800. The molecule has 0 aromatic heterocycles. The van der Waals surface area contributed by atoms with Gasteiger partial charge in [-0.15, -0.1) is 11.8 Å². The van der Waals surface area contributed by atoms with Crippen molar-refractivity contribution in [2.24, 2.45) is 5.92 Å². The fourth-order valence-corrected chi connectivity index (χ4v) is 1.25. The van der Waals surface area contributed by atoms with Crippen molar-refractivity contribution in [3.63, 3.8) is 0 Å². The molecule has 1 nitrogen and oxygen atoms in total. The molecule has 0 aromatic rings. The van der Waals surface area contributed by atoms with Crippen molar-refractivity contribution in [2.75, 3.05) is 6.54 Å². The Morgan fingerprint density at radius 3 is 2.82 bits per heavy atom. The Labute approximate surface area is 69.6 Å². The molecule has 0 aliphatic heterocycles. The highest BCUT2D eigenvalue weighted by Crippen LogP contribution is 2.32. The molecule has 1 atom stereocenters. The zero-order chi connectivity index (χ0) is 8.10. The molecule has 1 fully saturated rings. The van der Waals surface area contributed by atoms with Gasteiger partial charge >= 0.3 is 0 Å². The predicted molar refractivity (Wildman–Crippen MR) is 48.3 cm³/mol. The minimum absolute atomic E-state index is 0.716. The molecule has 1 unspecified atom stereocenters. The number of hydrogen-bond donors (Lipinski definition) is 1. The van der Waals surface area contributed by atoms with Crippen LogP contribution in [0, 0.1) is 17.8 Å². The van der Waals surface area contributed by atoms with Crippen molar-refractivity contribution in [1.82, 2.24) is 5.32 Å². The second kappa shape index (κ2) is 4.41. The molecule has 1 aliphatic rings. The van der Waals surface area contributed by atoms with Crippen LogP contribution in [0.25, 0.3) is 0 Å². The first-order valence-corrected chi connectivity index (χ1v) is 4.47. The summed E-state index contributed by atoms with van der Waals surface area (Å²) >= 11 is 0. The van der Waals surface area contributed by atoms with Crippen LogP contribution in [0.2, 0.25) is 0 Å². The third kappa shape index (κ3) is 3.43. The van der Waals surface area contributed by atoms with Gasteiger partial charge < -0.3 is 5.32 Å². The molecular weight excluding hydrogens is 134 g/mol. The van der Waals surface area contributed by atoms with Crippen molar-refractivity contribution in [2.45, 2.75) is 39.2 Å². The van der Waals surface area contributed by atoms with E-state index in [1.54, 1.807) is 0 Å². The summed E-state index contributed by atoms with van der Waals surface area (Å²) in [5, 5.41) is 3.48. The van der Waals surface area contributed by atoms with Gasteiger partial charge in [-0.1, -0.05) is 0 Å². The number of rotatable bonds is 4. The van der Waals surface area contributed by atoms with E-state index in [0.717, 1.165) is 18.9 Å². The molecule has 0 amide bonds. The van der Waals surface area contributed by atoms with Crippen LogP contribution in [0.3, 0.4) is 0 Å². The predicted octanol–water partition coefficient (Wildman–Crippen LogP) is 1.79. The van der Waals surface area contributed by atoms with Crippen molar-refractivity contribution in [3.05, 3.63) is 0 Å². The maximum absolute atomic E-state index is 3.48. The summed E-state index contributed by atoms with van der Waals surface area (Å²) in [5.74, 6) is 6.91. The van der Waals surface area contributed by atoms with Crippen LogP contribution in [-0.2, 0) is 0 Å². The molecule has 62 valence electrons. The molecule has 1 heteroatoms. The highest BCUT2D eigenvalue weighted by molar-refractivity contribution is 4.95. The quantitative estimate of drug-likeness (QED) is 0.477. The monoisotopic (exact) mass is 151 g/mol. The van der Waals surface area contributed by atoms with Crippen molar-refractivity contribution < 1.29 is 0 Å². The standard InChI is InChI=1S/C10H17N/c1-3-4-5-8-11-9(2)10-6-7-10/h9-11H,5-8H2,1-2H3. The average Bonchev–Trinajstić information content (AvgIpc) is 2.79. The first kappa shape index (κ1) is 8.62. The lowest BCUT2D eigenvalue weighted by Gasteiger charge is -2.10. The van der Waals surface area contributed by atoms with Crippen LogP contribution in [0.5, 0.6) is 0 Å². The molecule has 11 heavy (non-hydrogen) atoms. The van der Waals surface area contributed by atoms with E-state index in [4.69, 9.17) is 0 Å². The van der Waals surface area contributed by atoms with Crippen LogP contribution in [0.1, 0.15) is 33.1 Å². The highest BCUT2D eigenvalue weighted by atomic mass is 14.9. The largest absolute Gasteiger partial charge is 0.313 e. The number of nitrogens with one attached hydrogen (secondary N) is 1. The maximum atomic E-state index is 3.48. The Bertz CT molecular complexity index is 159. The number of hydrogen-bond acceptors (Lipinski definition) is 1. The van der Waals surface area contributed by atoms with Gasteiger partial charge in [0, 0.05) is 19.0 Å². The highest BCUT2D eigenvalue weighted by Gasteiger charge is 2.26. The summed E-state index contributed by atoms with van der Waals surface area (Å²) in [5.41, 5.74) is 0. The zero-order valence-corrected chi connectivity index (χ0v) is 7.48. The molecule has 0 bridgehead atoms. The van der Waals surface area contributed by atoms with E-state index in [2.05, 4.69) is 24.1 Å². The van der Waals surface area contributed by atoms with E-state index in [1.807, 2.05) is 6.92 Å². The zero-order valence-electron chi connectivity index (χ0n) is 7.48. The summed E-state index contributed by atoms with van der Waals surface area (Å²) in [6.07, 6.45) is 3.84. The molecule has 0 aromatic carbocycles. The molecule has 0 spiro atoms. The summed E-state index contributed by atoms with van der Waals surface area (Å²) in [4.78, 5) is 0. The van der Waals surface area contributed by atoms with Gasteiger partial charge in [0.2, 0.25) is 0 Å². The van der Waals surface area contributed by atoms with E-state index in [1.165, 1.54) is 12.8 Å². The molecule has 1 rings (SSSR count). The van der Waals surface area contributed by atoms with Crippen LogP contribution in [0.15, 0.2) is 0 Å². The Balaban J connectivity index is 1.95. The van der Waals surface area contributed by atoms with Crippen molar-refractivity contribution in [3.8, 4) is 11.8 Å². The molecular formula is C10H17N. The first-order chi connectivity index (χ1) is 5.34. The van der Waals surface area contributed by atoms with Crippen LogP contribution in [0.4, 0.5) is 0 Å². The van der Waals surface area contributed by atoms with Crippen molar-refractivity contribution >= 4 is 0 Å². The van der Waals surface area contributed by atoms with Gasteiger partial charge in [0.15, 0.2) is 0 Å². The van der Waals surface area contributed by atoms with Gasteiger partial charge in [-0.25, -0.2) is 0 Å². The molecule has 0 radical (unpaired) electrons. The fourth-order valence-electron chi connectivity index (χ4n) is 1.25. The second-order valence-corrected chi connectivity index (χ2v) is 3.26. The van der Waals surface area contributed by atoms with Crippen LogP contribution >= 0.6 is 0 Å². The van der Waals surface area contributed by atoms with Crippen molar-refractivity contribution in [1.29, 1.82) is 0 Å². The normalized spacial score (nSPS) is 18.7. The third-order valence-electron chi connectivity index (χ3n) is 2.22. The molecule has 1 N–H and O–H groups in total. The molecule has 1 aliphatic carbocycles. The minimum atomic E-state index is 0.716. The van der Waals surface area contributed by atoms with Gasteiger partial charge in [0.1, 0.15) is 0 Å². The third-order valence-corrected chi connectivity index (χ3v) is 2.22. The summed E-state index contributed by atoms with van der Waals surface area (Å²) in [7, 11) is 0. The average molecular weight is 151 g/mol. The summed E-state index contributed by atoms with van der Waals surface area (Å²) in [6, 6.07) is 0.716. The lowest BCUT2D eigenvalue weighted by atomic mass is 10.2. The molecule has 0 heterocycles. The summed E-state index contributed by atoms with van der Waals surface area (Å²) in [6.45, 7) is 5.22. The lowest BCUT2D eigenvalue weighted by molar-refractivity contribution is 0.504. The van der Waals surface area contributed by atoms with E-state index < -0.39 is 0 Å². The minimum Gasteiger partial charge on any atom is -0.313 e. The lowest BCUT2D eigenvalue weighted by Crippen LogP contribution is -2.28. The Morgan fingerprint density at radius 1 is 1.55 bits per heavy atom. The van der Waals surface area contributed by atoms with E-state index in [9.17, 15) is 0 Å². The second-order valence-electron chi connectivity index (χ2n) is 3.26. The summed E-state index contributed by atoms with van der Waals surface area (Å²) < 4.78 is 0. The van der Waals surface area contributed by atoms with Gasteiger partial charge in [0.25, 0.3) is 0 Å². The Morgan fingerprint density at radius 2 is 2.27 bits per heavy atom. The first-order valence-electron chi connectivity index (χ1n) is 4.47. The maximum Gasteiger partial charge on any atom is 0.0214 e. The molecule has 1 saturated carbocycles. The van der Waals surface area contributed by atoms with E-state index in [-0.39, 0.29) is 0 Å². The smallest absolute Gasteiger partial charge is 0.0214 e. The molecule has 0 saturated heterocycles. The Kier molecular flexibility index (Phi) is 3.45. The SMILES string of the molecule is CC#CCCNC(C)C1CC1. The van der Waals surface area contributed by atoms with Crippen LogP contribution < -0.4 is 5.32 Å². The van der Waals surface area contributed by atoms with E-state index >= 15 is 0 Å². The van der Waals surface area contributed by atoms with Gasteiger partial charge in [-0.3, -0.25) is 0 Å². The van der Waals surface area contributed by atoms with Crippen LogP contribution in [-0.4, -0.2) is 12.6 Å². The Hall–Kier alpha value is -0.480.